The molecule has 0 unspecified atom stereocenters. The average molecular weight is 368 g/mol. The van der Waals surface area contributed by atoms with Gasteiger partial charge in [0, 0.05) is 0 Å². The van der Waals surface area contributed by atoms with Gasteiger partial charge >= 0.3 is 17.1 Å². The minimum Gasteiger partial charge on any atom is -0.440 e. The van der Waals surface area contributed by atoms with Gasteiger partial charge in [0.2, 0.25) is 0 Å². The molecule has 0 heterocycles. The third-order valence-electron chi connectivity index (χ3n) is 2.92. The number of nitrogens with zero attached hydrogens (tertiary/aromatic N) is 1. The normalized spacial score (nSPS) is 14.3. The van der Waals surface area contributed by atoms with Crippen molar-refractivity contribution in [2.45, 2.75) is 64.8 Å². The van der Waals surface area contributed by atoms with Crippen LogP contribution >= 0.6 is 0 Å². The maximum atomic E-state index is 6.53. The second-order valence-electron chi connectivity index (χ2n) is 7.84. The molecule has 0 saturated heterocycles. The average Bonchev–Trinajstić information content (AvgIpc) is 2.08. The van der Waals surface area contributed by atoms with Gasteiger partial charge < -0.3 is 17.2 Å². The lowest BCUT2D eigenvalue weighted by Gasteiger charge is -2.39. The van der Waals surface area contributed by atoms with E-state index in [0.29, 0.717) is 0 Å². The molecule has 0 amide bonds. The van der Waals surface area contributed by atoms with Crippen LogP contribution in [-0.4, -0.2) is 60.0 Å². The van der Waals surface area contributed by atoms with E-state index in [0.717, 1.165) is 6.54 Å². The lowest BCUT2D eigenvalue weighted by Crippen LogP contribution is -2.54. The summed E-state index contributed by atoms with van der Waals surface area (Å²) < 4.78 is 19.0. The molecule has 0 aliphatic carbocycles. The van der Waals surface area contributed by atoms with Crippen LogP contribution in [0.4, 0.5) is 0 Å². The van der Waals surface area contributed by atoms with Crippen LogP contribution in [0.3, 0.4) is 0 Å². The second kappa shape index (κ2) is 8.53. The van der Waals surface area contributed by atoms with Crippen LogP contribution in [0.15, 0.2) is 0 Å². The molecule has 0 spiro atoms. The van der Waals surface area contributed by atoms with Gasteiger partial charge in [-0.2, -0.15) is 0 Å². The fourth-order valence-electron chi connectivity index (χ4n) is 2.74. The molecule has 0 aliphatic rings. The number of hydrogen-bond acceptors (Lipinski definition) is 4. The number of rotatable bonds is 10. The maximum absolute atomic E-state index is 6.53. The van der Waals surface area contributed by atoms with Gasteiger partial charge in [-0.1, -0.05) is 0 Å². The van der Waals surface area contributed by atoms with E-state index in [9.17, 15) is 0 Å². The highest BCUT2D eigenvalue weighted by Gasteiger charge is 2.40. The molecule has 0 radical (unpaired) electrons. The van der Waals surface area contributed by atoms with E-state index in [1.165, 1.54) is 12.5 Å². The Morgan fingerprint density at radius 1 is 0.857 bits per heavy atom. The summed E-state index contributed by atoms with van der Waals surface area (Å²) in [7, 11) is -2.62. The van der Waals surface area contributed by atoms with E-state index in [4.69, 9.17) is 12.3 Å². The van der Waals surface area contributed by atoms with Crippen molar-refractivity contribution in [1.82, 2.24) is 4.90 Å². The fourth-order valence-corrected chi connectivity index (χ4v) is 19.9. The van der Waals surface area contributed by atoms with Crippen LogP contribution in [0.5, 0.6) is 0 Å². The summed E-state index contributed by atoms with van der Waals surface area (Å²) in [5.41, 5.74) is 0. The Bertz CT molecular complexity index is 310. The van der Waals surface area contributed by atoms with E-state index in [1.807, 2.05) is 0 Å². The summed E-state index contributed by atoms with van der Waals surface area (Å²) in [5.74, 6) is 0. The van der Waals surface area contributed by atoms with Crippen LogP contribution in [-0.2, 0) is 12.3 Å². The highest BCUT2D eigenvalue weighted by Crippen LogP contribution is 2.24. The largest absolute Gasteiger partial charge is 0.440 e. The molecule has 128 valence electrons. The Hall–Kier alpha value is 0.708. The topological polar surface area (TPSA) is 30.9 Å². The first-order valence-electron chi connectivity index (χ1n) is 7.98. The van der Waals surface area contributed by atoms with Gasteiger partial charge in [0.15, 0.2) is 17.4 Å². The third-order valence-corrected chi connectivity index (χ3v) is 16.7. The van der Waals surface area contributed by atoms with Crippen molar-refractivity contribution in [1.29, 1.82) is 0 Å². The molecular formula is C13H37NO3Si4. The van der Waals surface area contributed by atoms with Gasteiger partial charge in [-0.05, 0) is 85.5 Å². The fraction of sp³-hybridized carbons (Fsp3) is 1.00. The minimum absolute atomic E-state index is 1.06. The van der Waals surface area contributed by atoms with Gasteiger partial charge in [0.1, 0.15) is 0 Å². The Morgan fingerprint density at radius 2 is 1.38 bits per heavy atom. The molecule has 4 nitrogen and oxygen atoms in total. The molecule has 0 fully saturated rings. The summed E-state index contributed by atoms with van der Waals surface area (Å²) in [5, 5.41) is 0. The van der Waals surface area contributed by atoms with Gasteiger partial charge in [-0.15, -0.1) is 0 Å². The summed E-state index contributed by atoms with van der Waals surface area (Å²) in [6.45, 7) is 18.8. The molecule has 0 aromatic heterocycles. The van der Waals surface area contributed by atoms with E-state index >= 15 is 0 Å². The van der Waals surface area contributed by atoms with E-state index in [-0.39, 0.29) is 0 Å². The van der Waals surface area contributed by atoms with Crippen molar-refractivity contribution in [2.75, 3.05) is 20.6 Å². The first-order valence-corrected chi connectivity index (χ1v) is 19.5. The monoisotopic (exact) mass is 367 g/mol. The summed E-state index contributed by atoms with van der Waals surface area (Å²) >= 11 is 0. The quantitative estimate of drug-likeness (QED) is 0.552. The van der Waals surface area contributed by atoms with Gasteiger partial charge in [-0.3, -0.25) is 0 Å². The zero-order chi connectivity index (χ0) is 16.9. The Morgan fingerprint density at radius 3 is 1.81 bits per heavy atom. The predicted molar refractivity (Wildman–Crippen MR) is 103 cm³/mol. The van der Waals surface area contributed by atoms with E-state index < -0.39 is 34.5 Å². The van der Waals surface area contributed by atoms with Crippen molar-refractivity contribution >= 4 is 34.5 Å². The summed E-state index contributed by atoms with van der Waals surface area (Å²) in [4.78, 5) is 2.24. The maximum Gasteiger partial charge on any atom is 0.312 e. The molecule has 0 saturated carbocycles. The molecule has 0 aliphatic heterocycles. The third kappa shape index (κ3) is 11.9. The van der Waals surface area contributed by atoms with Crippen molar-refractivity contribution in [3.05, 3.63) is 0 Å². The summed E-state index contributed by atoms with van der Waals surface area (Å²) in [6, 6.07) is 1.19. The zero-order valence-corrected chi connectivity index (χ0v) is 20.0. The molecule has 0 N–H and O–H groups in total. The molecule has 0 bridgehead atoms. The van der Waals surface area contributed by atoms with Crippen molar-refractivity contribution in [3.8, 4) is 0 Å². The molecule has 8 heteroatoms. The lowest BCUT2D eigenvalue weighted by atomic mass is 10.5. The molecule has 21 heavy (non-hydrogen) atoms. The van der Waals surface area contributed by atoms with Crippen molar-refractivity contribution in [2.24, 2.45) is 0 Å². The number of hydrogen-bond donors (Lipinski definition) is 0. The second-order valence-corrected chi connectivity index (χ2v) is 22.1. The van der Waals surface area contributed by atoms with Crippen LogP contribution in [0, 0.1) is 0 Å². The van der Waals surface area contributed by atoms with Crippen LogP contribution in [0.2, 0.25) is 58.4 Å². The van der Waals surface area contributed by atoms with Crippen LogP contribution in [0.25, 0.3) is 0 Å². The molecule has 0 atom stereocenters. The van der Waals surface area contributed by atoms with Gasteiger partial charge in [0.25, 0.3) is 0 Å². The van der Waals surface area contributed by atoms with Crippen molar-refractivity contribution < 1.29 is 12.3 Å². The summed E-state index contributed by atoms with van der Waals surface area (Å²) in [6.07, 6.45) is 1.20. The minimum atomic E-state index is -2.11. The lowest BCUT2D eigenvalue weighted by molar-refractivity contribution is 0.332. The first kappa shape index (κ1) is 21.7. The zero-order valence-electron chi connectivity index (χ0n) is 15.9. The Balaban J connectivity index is 4.49. The van der Waals surface area contributed by atoms with Crippen LogP contribution < -0.4 is 0 Å². The molecular weight excluding hydrogens is 330 g/mol. The van der Waals surface area contributed by atoms with Crippen LogP contribution in [0.1, 0.15) is 6.42 Å². The van der Waals surface area contributed by atoms with E-state index in [2.05, 4.69) is 71.4 Å². The smallest absolute Gasteiger partial charge is 0.312 e. The Labute approximate surface area is 137 Å². The molecule has 0 aromatic carbocycles. The first-order chi connectivity index (χ1) is 9.25. The highest BCUT2D eigenvalue weighted by atomic mass is 28.5. The van der Waals surface area contributed by atoms with E-state index in [1.54, 1.807) is 0 Å². The molecule has 0 aromatic rings. The highest BCUT2D eigenvalue weighted by molar-refractivity contribution is 6.87. The Kier molecular flexibility index (Phi) is 8.82. The van der Waals surface area contributed by atoms with Gasteiger partial charge in [-0.25, -0.2) is 0 Å². The van der Waals surface area contributed by atoms with Gasteiger partial charge in [0.05, 0.1) is 0 Å². The predicted octanol–water partition coefficient (Wildman–Crippen LogP) is 3.58. The molecule has 0 rings (SSSR count). The standard InChI is InChI=1S/C13H37NO3Si4/c1-14(2)12-11-13-19(5,6)16-21(9,10)17-20(7,8)15-18(3)4/h18H,11-13H2,1-10H3. The van der Waals surface area contributed by atoms with Crippen molar-refractivity contribution in [3.63, 3.8) is 0 Å². The SMILES string of the molecule is CN(C)CCC[Si](C)(C)O[Si](C)(C)O[Si](C)(C)O[SiH](C)C.